The molecule has 0 fully saturated rings. The number of hydrogen-bond donors (Lipinski definition) is 0. The van der Waals surface area contributed by atoms with Gasteiger partial charge in [-0.2, -0.15) is 0 Å². The predicted molar refractivity (Wildman–Crippen MR) is 125 cm³/mol. The molecule has 0 N–H and O–H groups in total. The van der Waals surface area contributed by atoms with Gasteiger partial charge in [0.15, 0.2) is 7.14 Å². The Balaban J connectivity index is 2.75. The Labute approximate surface area is 169 Å². The van der Waals surface area contributed by atoms with Gasteiger partial charge in [0.05, 0.1) is 5.90 Å². The fraction of sp³-hybridized carbons (Fsp3) is 0.167. The van der Waals surface area contributed by atoms with Crippen LogP contribution in [0.3, 0.4) is 0 Å². The summed E-state index contributed by atoms with van der Waals surface area (Å²) < 4.78 is 28.8. The molecule has 0 saturated carbocycles. The van der Waals surface area contributed by atoms with Gasteiger partial charge in [-0.1, -0.05) is 105 Å². The van der Waals surface area contributed by atoms with Crippen LogP contribution in [0.15, 0.2) is 109 Å². The van der Waals surface area contributed by atoms with E-state index in [0.29, 0.717) is 27.7 Å². The second-order valence-electron chi connectivity index (χ2n) is 6.54. The molecule has 0 saturated heterocycles. The number of allylic oxidation sites excluding steroid dienone is 6. The summed E-state index contributed by atoms with van der Waals surface area (Å²) in [6.45, 7) is 11.7. The molecule has 0 amide bonds. The minimum atomic E-state index is -3.19. The molecule has 2 nitrogen and oxygen atoms in total. The zero-order valence-corrected chi connectivity index (χ0v) is 18.4. The summed E-state index contributed by atoms with van der Waals surface area (Å²) in [6, 6.07) is 18.7. The molecule has 2 aromatic rings. The summed E-state index contributed by atoms with van der Waals surface area (Å²) in [5.41, 5.74) is 0. The van der Waals surface area contributed by atoms with Crippen LogP contribution < -0.4 is 10.6 Å². The second-order valence-corrected chi connectivity index (χ2v) is 12.8. The largest absolute Gasteiger partial charge is 0.313 e. The maximum absolute atomic E-state index is 14.5. The molecule has 146 valence electrons. The Hall–Kier alpha value is -2.14. The van der Waals surface area contributed by atoms with Crippen LogP contribution in [-0.2, 0) is 9.13 Å². The van der Waals surface area contributed by atoms with Gasteiger partial charge in [-0.25, -0.2) is 0 Å². The average molecular weight is 410 g/mol. The third-order valence-electron chi connectivity index (χ3n) is 4.71. The standard InChI is InChI=1S/C24H28O2P2/c1-5-14-22(15-6-2)28(26,24-18-12-9-13-19-24)20-27(25,21(4)7-3)23-16-10-8-11-17-23/h5-6,8-19H,1,4,7,20H2,2-3H3/b15-6-,22-14+. The first kappa shape index (κ1) is 22.2. The highest BCUT2D eigenvalue weighted by Crippen LogP contribution is 2.68. The summed E-state index contributed by atoms with van der Waals surface area (Å²) >= 11 is 0. The first-order chi connectivity index (χ1) is 13.4. The zero-order valence-electron chi connectivity index (χ0n) is 16.6. The molecule has 2 aromatic carbocycles. The summed E-state index contributed by atoms with van der Waals surface area (Å²) in [4.78, 5) is 0. The molecule has 0 aromatic heterocycles. The lowest BCUT2D eigenvalue weighted by molar-refractivity contribution is 0.580. The van der Waals surface area contributed by atoms with Gasteiger partial charge in [-0.05, 0) is 18.7 Å². The van der Waals surface area contributed by atoms with Crippen molar-refractivity contribution in [2.75, 3.05) is 5.90 Å². The Morgan fingerprint density at radius 2 is 1.43 bits per heavy atom. The fourth-order valence-corrected chi connectivity index (χ4v) is 11.4. The summed E-state index contributed by atoms with van der Waals surface area (Å²) in [7, 11) is -6.31. The molecule has 0 aliphatic heterocycles. The first-order valence-corrected chi connectivity index (χ1v) is 13.1. The van der Waals surface area contributed by atoms with Gasteiger partial charge in [-0.15, -0.1) is 0 Å². The quantitative estimate of drug-likeness (QED) is 0.333. The lowest BCUT2D eigenvalue weighted by Gasteiger charge is -2.27. The molecule has 0 bridgehead atoms. The van der Waals surface area contributed by atoms with Gasteiger partial charge >= 0.3 is 0 Å². The Morgan fingerprint density at radius 3 is 1.86 bits per heavy atom. The van der Waals surface area contributed by atoms with Crippen molar-refractivity contribution < 1.29 is 9.13 Å². The van der Waals surface area contributed by atoms with Crippen molar-refractivity contribution in [3.05, 3.63) is 109 Å². The Bertz CT molecular complexity index is 970. The van der Waals surface area contributed by atoms with E-state index in [1.54, 1.807) is 12.2 Å². The molecule has 2 atom stereocenters. The third kappa shape index (κ3) is 4.64. The van der Waals surface area contributed by atoms with Gasteiger partial charge in [-0.3, -0.25) is 0 Å². The van der Waals surface area contributed by atoms with Crippen molar-refractivity contribution >= 4 is 24.9 Å². The van der Waals surface area contributed by atoms with Crippen molar-refractivity contribution in [2.24, 2.45) is 0 Å². The topological polar surface area (TPSA) is 34.1 Å². The van der Waals surface area contributed by atoms with Gasteiger partial charge in [0.1, 0.15) is 7.14 Å². The van der Waals surface area contributed by atoms with Gasteiger partial charge in [0, 0.05) is 15.9 Å². The van der Waals surface area contributed by atoms with Crippen LogP contribution in [0.5, 0.6) is 0 Å². The molecule has 0 radical (unpaired) electrons. The van der Waals surface area contributed by atoms with Crippen LogP contribution in [-0.4, -0.2) is 5.90 Å². The Kier molecular flexibility index (Phi) is 7.81. The lowest BCUT2D eigenvalue weighted by Crippen LogP contribution is -2.15. The highest BCUT2D eigenvalue weighted by atomic mass is 31.2. The van der Waals surface area contributed by atoms with Gasteiger partial charge in [0.25, 0.3) is 0 Å². The molecule has 0 aliphatic carbocycles. The van der Waals surface area contributed by atoms with Crippen LogP contribution >= 0.6 is 14.3 Å². The maximum atomic E-state index is 14.5. The van der Waals surface area contributed by atoms with E-state index in [-0.39, 0.29) is 5.90 Å². The summed E-state index contributed by atoms with van der Waals surface area (Å²) in [5, 5.41) is 2.70. The third-order valence-corrected chi connectivity index (χ3v) is 12.6. The molecular formula is C24H28O2P2. The maximum Gasteiger partial charge on any atom is 0.150 e. The van der Waals surface area contributed by atoms with Crippen LogP contribution in [0.4, 0.5) is 0 Å². The molecule has 0 heterocycles. The van der Waals surface area contributed by atoms with E-state index in [2.05, 4.69) is 13.2 Å². The second kappa shape index (κ2) is 9.87. The number of hydrogen-bond acceptors (Lipinski definition) is 2. The SMILES string of the molecule is C=C/C=C(\C=C/C)P(=O)(CP(=O)(C(=C)CC)c1ccccc1)c1ccccc1. The molecule has 0 spiro atoms. The summed E-state index contributed by atoms with van der Waals surface area (Å²) in [5.74, 6) is 0.0463. The van der Waals surface area contributed by atoms with E-state index >= 15 is 0 Å². The minimum Gasteiger partial charge on any atom is -0.313 e. The molecule has 0 aliphatic rings. The molecule has 4 heteroatoms. The van der Waals surface area contributed by atoms with Crippen molar-refractivity contribution in [2.45, 2.75) is 20.3 Å². The van der Waals surface area contributed by atoms with Crippen LogP contribution in [0.25, 0.3) is 0 Å². The normalized spacial score (nSPS) is 16.3. The van der Waals surface area contributed by atoms with E-state index in [4.69, 9.17) is 0 Å². The minimum absolute atomic E-state index is 0.0463. The van der Waals surface area contributed by atoms with Crippen molar-refractivity contribution in [1.82, 2.24) is 0 Å². The number of rotatable bonds is 9. The highest BCUT2D eigenvalue weighted by molar-refractivity contribution is 7.91. The molecular weight excluding hydrogens is 382 g/mol. The van der Waals surface area contributed by atoms with E-state index < -0.39 is 14.3 Å². The zero-order chi connectivity index (χ0) is 20.6. The van der Waals surface area contributed by atoms with Crippen LogP contribution in [0.1, 0.15) is 20.3 Å². The van der Waals surface area contributed by atoms with Crippen molar-refractivity contribution in [3.8, 4) is 0 Å². The monoisotopic (exact) mass is 410 g/mol. The lowest BCUT2D eigenvalue weighted by atomic mass is 10.4. The van der Waals surface area contributed by atoms with E-state index in [1.165, 1.54) is 0 Å². The van der Waals surface area contributed by atoms with Crippen molar-refractivity contribution in [1.29, 1.82) is 0 Å². The smallest absolute Gasteiger partial charge is 0.150 e. The van der Waals surface area contributed by atoms with E-state index in [9.17, 15) is 9.13 Å². The van der Waals surface area contributed by atoms with Gasteiger partial charge < -0.3 is 9.13 Å². The Morgan fingerprint density at radius 1 is 0.929 bits per heavy atom. The van der Waals surface area contributed by atoms with E-state index in [1.807, 2.05) is 86.7 Å². The van der Waals surface area contributed by atoms with Crippen molar-refractivity contribution in [3.63, 3.8) is 0 Å². The molecule has 2 unspecified atom stereocenters. The highest BCUT2D eigenvalue weighted by Gasteiger charge is 2.39. The molecule has 28 heavy (non-hydrogen) atoms. The fourth-order valence-electron chi connectivity index (χ4n) is 3.14. The van der Waals surface area contributed by atoms with Crippen LogP contribution in [0, 0.1) is 0 Å². The predicted octanol–water partition coefficient (Wildman–Crippen LogP) is 6.89. The average Bonchev–Trinajstić information content (AvgIpc) is 2.74. The van der Waals surface area contributed by atoms with Crippen LogP contribution in [0.2, 0.25) is 0 Å². The molecule has 2 rings (SSSR count). The summed E-state index contributed by atoms with van der Waals surface area (Å²) in [6.07, 6.45) is 7.66. The number of benzene rings is 2. The first-order valence-electron chi connectivity index (χ1n) is 9.36. The van der Waals surface area contributed by atoms with E-state index in [0.717, 1.165) is 0 Å². The van der Waals surface area contributed by atoms with Gasteiger partial charge in [0.2, 0.25) is 0 Å².